The van der Waals surface area contributed by atoms with Gasteiger partial charge in [0, 0.05) is 18.8 Å². The van der Waals surface area contributed by atoms with Crippen LogP contribution in [0.2, 0.25) is 0 Å². The van der Waals surface area contributed by atoms with Crippen LogP contribution in [0.4, 0.5) is 0 Å². The summed E-state index contributed by atoms with van der Waals surface area (Å²) in [6.07, 6.45) is 10.7. The van der Waals surface area contributed by atoms with Gasteiger partial charge in [-0.1, -0.05) is 44.6 Å². The maximum absolute atomic E-state index is 11.4. The SMILES string of the molecule is C/C=C\C(=C/CC)CCCn1ccc(=O)[nH]c1=O.CC. The van der Waals surface area contributed by atoms with E-state index in [9.17, 15) is 9.59 Å². The van der Waals surface area contributed by atoms with Gasteiger partial charge in [0.05, 0.1) is 0 Å². The second kappa shape index (κ2) is 11.0. The highest BCUT2D eigenvalue weighted by atomic mass is 16.2. The number of aryl methyl sites for hydroxylation is 1. The number of nitrogens with one attached hydrogen (secondary N) is 1. The van der Waals surface area contributed by atoms with Crippen LogP contribution in [-0.4, -0.2) is 9.55 Å². The number of rotatable bonds is 6. The summed E-state index contributed by atoms with van der Waals surface area (Å²) in [5, 5.41) is 0. The van der Waals surface area contributed by atoms with Gasteiger partial charge in [-0.25, -0.2) is 4.79 Å². The normalized spacial score (nSPS) is 11.3. The second-order valence-corrected chi connectivity index (χ2v) is 4.09. The van der Waals surface area contributed by atoms with E-state index in [0.29, 0.717) is 6.54 Å². The minimum Gasteiger partial charge on any atom is -0.301 e. The van der Waals surface area contributed by atoms with Gasteiger partial charge >= 0.3 is 5.69 Å². The Morgan fingerprint density at radius 1 is 1.35 bits per heavy atom. The predicted octanol–water partition coefficient (Wildman–Crippen LogP) is 3.26. The van der Waals surface area contributed by atoms with Gasteiger partial charge in [-0.2, -0.15) is 0 Å². The molecular formula is C16H26N2O2. The smallest absolute Gasteiger partial charge is 0.301 e. The van der Waals surface area contributed by atoms with Crippen molar-refractivity contribution in [2.24, 2.45) is 0 Å². The summed E-state index contributed by atoms with van der Waals surface area (Å²) in [6, 6.07) is 1.37. The maximum Gasteiger partial charge on any atom is 0.328 e. The van der Waals surface area contributed by atoms with Crippen molar-refractivity contribution in [3.63, 3.8) is 0 Å². The average molecular weight is 278 g/mol. The van der Waals surface area contributed by atoms with Crippen LogP contribution in [0.15, 0.2) is 45.7 Å². The van der Waals surface area contributed by atoms with Gasteiger partial charge in [0.15, 0.2) is 0 Å². The average Bonchev–Trinajstić information content (AvgIpc) is 2.44. The Morgan fingerprint density at radius 3 is 2.60 bits per heavy atom. The van der Waals surface area contributed by atoms with E-state index in [2.05, 4.69) is 24.1 Å². The Morgan fingerprint density at radius 2 is 2.05 bits per heavy atom. The molecule has 0 aliphatic carbocycles. The van der Waals surface area contributed by atoms with E-state index < -0.39 is 0 Å². The highest BCUT2D eigenvalue weighted by Crippen LogP contribution is 2.08. The Bertz CT molecular complexity index is 536. The summed E-state index contributed by atoms with van der Waals surface area (Å²) >= 11 is 0. The lowest BCUT2D eigenvalue weighted by Gasteiger charge is -2.05. The third-order valence-corrected chi connectivity index (χ3v) is 2.61. The molecule has 0 radical (unpaired) electrons. The van der Waals surface area contributed by atoms with Crippen LogP contribution in [0.5, 0.6) is 0 Å². The molecular weight excluding hydrogens is 252 g/mol. The Kier molecular flexibility index (Phi) is 10.0. The molecule has 1 heterocycles. The molecule has 1 rings (SSSR count). The molecule has 0 unspecified atom stereocenters. The van der Waals surface area contributed by atoms with E-state index in [4.69, 9.17) is 0 Å². The van der Waals surface area contributed by atoms with Gasteiger partial charge < -0.3 is 4.57 Å². The molecule has 4 nitrogen and oxygen atoms in total. The van der Waals surface area contributed by atoms with Crippen LogP contribution in [0, 0.1) is 0 Å². The van der Waals surface area contributed by atoms with Crippen molar-refractivity contribution < 1.29 is 0 Å². The number of aromatic amines is 1. The summed E-state index contributed by atoms with van der Waals surface area (Å²) in [5.41, 5.74) is 0.601. The Hall–Kier alpha value is -1.84. The van der Waals surface area contributed by atoms with E-state index >= 15 is 0 Å². The zero-order valence-electron chi connectivity index (χ0n) is 13.0. The van der Waals surface area contributed by atoms with Gasteiger partial charge in [-0.05, 0) is 26.2 Å². The van der Waals surface area contributed by atoms with Gasteiger partial charge in [-0.3, -0.25) is 9.78 Å². The van der Waals surface area contributed by atoms with Crippen molar-refractivity contribution in [2.75, 3.05) is 0 Å². The van der Waals surface area contributed by atoms with Crippen LogP contribution < -0.4 is 11.2 Å². The molecule has 4 heteroatoms. The number of hydrogen-bond acceptors (Lipinski definition) is 2. The lowest BCUT2D eigenvalue weighted by Crippen LogP contribution is -2.28. The number of H-pyrrole nitrogens is 1. The maximum atomic E-state index is 11.4. The van der Waals surface area contributed by atoms with Crippen LogP contribution in [0.1, 0.15) is 47.0 Å². The van der Waals surface area contributed by atoms with E-state index in [0.717, 1.165) is 19.3 Å². The quantitative estimate of drug-likeness (QED) is 0.812. The molecule has 0 saturated heterocycles. The zero-order valence-corrected chi connectivity index (χ0v) is 13.0. The first kappa shape index (κ1) is 18.2. The third kappa shape index (κ3) is 6.92. The Balaban J connectivity index is 0.00000172. The lowest BCUT2D eigenvalue weighted by atomic mass is 10.1. The Labute approximate surface area is 120 Å². The summed E-state index contributed by atoms with van der Waals surface area (Å²) in [7, 11) is 0. The fourth-order valence-electron chi connectivity index (χ4n) is 1.80. The highest BCUT2D eigenvalue weighted by molar-refractivity contribution is 5.17. The molecule has 0 aliphatic heterocycles. The van der Waals surface area contributed by atoms with Crippen molar-refractivity contribution in [2.45, 2.75) is 53.5 Å². The molecule has 0 spiro atoms. The van der Waals surface area contributed by atoms with Gasteiger partial charge in [-0.15, -0.1) is 0 Å². The molecule has 0 bridgehead atoms. The van der Waals surface area contributed by atoms with E-state index in [1.807, 2.05) is 26.8 Å². The molecule has 1 aromatic rings. The van der Waals surface area contributed by atoms with Crippen molar-refractivity contribution in [1.29, 1.82) is 0 Å². The van der Waals surface area contributed by atoms with Crippen LogP contribution in [0.3, 0.4) is 0 Å². The largest absolute Gasteiger partial charge is 0.328 e. The van der Waals surface area contributed by atoms with Crippen molar-refractivity contribution in [3.8, 4) is 0 Å². The molecule has 0 amide bonds. The van der Waals surface area contributed by atoms with E-state index in [1.165, 1.54) is 16.2 Å². The number of hydrogen-bond donors (Lipinski definition) is 1. The molecule has 0 saturated carbocycles. The summed E-state index contributed by atoms with van der Waals surface area (Å²) in [4.78, 5) is 24.6. The topological polar surface area (TPSA) is 54.9 Å². The second-order valence-electron chi connectivity index (χ2n) is 4.09. The molecule has 0 aliphatic rings. The monoisotopic (exact) mass is 278 g/mol. The number of allylic oxidation sites excluding steroid dienone is 4. The van der Waals surface area contributed by atoms with Crippen molar-refractivity contribution in [3.05, 3.63) is 56.9 Å². The summed E-state index contributed by atoms with van der Waals surface area (Å²) in [5.74, 6) is 0. The molecule has 112 valence electrons. The summed E-state index contributed by atoms with van der Waals surface area (Å²) < 4.78 is 1.53. The lowest BCUT2D eigenvalue weighted by molar-refractivity contribution is 0.605. The van der Waals surface area contributed by atoms with Crippen LogP contribution >= 0.6 is 0 Å². The number of aromatic nitrogens is 2. The van der Waals surface area contributed by atoms with Crippen molar-refractivity contribution in [1.82, 2.24) is 9.55 Å². The summed E-state index contributed by atoms with van der Waals surface area (Å²) in [6.45, 7) is 8.72. The molecule has 1 N–H and O–H groups in total. The predicted molar refractivity (Wildman–Crippen MR) is 85.1 cm³/mol. The minimum absolute atomic E-state index is 0.338. The van der Waals surface area contributed by atoms with Crippen LogP contribution in [-0.2, 0) is 6.54 Å². The van der Waals surface area contributed by atoms with E-state index in [-0.39, 0.29) is 11.2 Å². The third-order valence-electron chi connectivity index (χ3n) is 2.61. The zero-order chi connectivity index (χ0) is 15.4. The standard InChI is InChI=1S/C14H20N2O2.C2H6/c1-3-6-12(7-4-2)8-5-10-16-11-9-13(17)15-14(16)18;1-2/h3,6-7,9,11H,4-5,8,10H2,1-2H3,(H,15,17,18);1-2H3/b6-3-,12-7+;. The first-order valence-corrected chi connectivity index (χ1v) is 7.29. The molecule has 0 aromatic carbocycles. The first-order chi connectivity index (χ1) is 9.67. The number of nitrogens with zero attached hydrogens (tertiary/aromatic N) is 1. The van der Waals surface area contributed by atoms with Gasteiger partial charge in [0.25, 0.3) is 5.56 Å². The fourth-order valence-corrected chi connectivity index (χ4v) is 1.80. The highest BCUT2D eigenvalue weighted by Gasteiger charge is 1.97. The molecule has 20 heavy (non-hydrogen) atoms. The fraction of sp³-hybridized carbons (Fsp3) is 0.500. The molecule has 0 fully saturated rings. The van der Waals surface area contributed by atoms with Gasteiger partial charge in [0.1, 0.15) is 0 Å². The van der Waals surface area contributed by atoms with Gasteiger partial charge in [0.2, 0.25) is 0 Å². The minimum atomic E-state index is -0.350. The van der Waals surface area contributed by atoms with Crippen LogP contribution in [0.25, 0.3) is 0 Å². The van der Waals surface area contributed by atoms with E-state index in [1.54, 1.807) is 6.20 Å². The molecule has 1 aromatic heterocycles. The van der Waals surface area contributed by atoms with Crippen molar-refractivity contribution >= 4 is 0 Å². The molecule has 0 atom stereocenters. The first-order valence-electron chi connectivity index (χ1n) is 7.29.